The lowest BCUT2D eigenvalue weighted by Gasteiger charge is -2.38. The van der Waals surface area contributed by atoms with Crippen LogP contribution in [0.4, 0.5) is 14.9 Å². The summed E-state index contributed by atoms with van der Waals surface area (Å²) in [5.74, 6) is -0.582. The third kappa shape index (κ3) is 5.85. The smallest absolute Gasteiger partial charge is 0.411 e. The van der Waals surface area contributed by atoms with E-state index in [0.717, 1.165) is 24.1 Å². The van der Waals surface area contributed by atoms with E-state index in [4.69, 9.17) is 4.74 Å². The maximum atomic E-state index is 15.0. The van der Waals surface area contributed by atoms with Crippen molar-refractivity contribution in [3.05, 3.63) is 53.8 Å². The highest BCUT2D eigenvalue weighted by Crippen LogP contribution is 2.46. The summed E-state index contributed by atoms with van der Waals surface area (Å²) >= 11 is 4.05. The summed E-state index contributed by atoms with van der Waals surface area (Å²) in [7, 11) is 0. The molecule has 0 spiro atoms. The van der Waals surface area contributed by atoms with Gasteiger partial charge in [0, 0.05) is 18.2 Å². The Morgan fingerprint density at radius 1 is 1.22 bits per heavy atom. The van der Waals surface area contributed by atoms with Crippen LogP contribution in [-0.2, 0) is 16.0 Å². The number of anilines is 1. The summed E-state index contributed by atoms with van der Waals surface area (Å²) < 4.78 is 23.4. The molecule has 5 atom stereocenters. The second-order valence-corrected chi connectivity index (χ2v) is 11.2. The highest BCUT2D eigenvalue weighted by Gasteiger charge is 2.55. The Kier molecular flexibility index (Phi) is 7.69. The molecule has 2 amide bonds. The fraction of sp³-hybridized carbons (Fsp3) is 0.464. The van der Waals surface area contributed by atoms with Crippen LogP contribution in [-0.4, -0.2) is 40.6 Å². The molecule has 1 heterocycles. The predicted octanol–water partition coefficient (Wildman–Crippen LogP) is 5.33. The van der Waals surface area contributed by atoms with E-state index in [1.54, 1.807) is 37.8 Å². The zero-order valence-electron chi connectivity index (χ0n) is 21.5. The van der Waals surface area contributed by atoms with Crippen LogP contribution >= 0.6 is 12.8 Å². The van der Waals surface area contributed by atoms with Crippen LogP contribution in [0.5, 0.6) is 0 Å². The zero-order chi connectivity index (χ0) is 26.9. The topological polar surface area (TPSA) is 94.5 Å². The van der Waals surface area contributed by atoms with Crippen molar-refractivity contribution in [1.82, 2.24) is 10.2 Å². The molecule has 2 aromatic carbocycles. The first-order valence-corrected chi connectivity index (χ1v) is 13.0. The van der Waals surface area contributed by atoms with E-state index in [0.29, 0.717) is 11.1 Å². The fourth-order valence-corrected chi connectivity index (χ4v) is 5.65. The zero-order valence-corrected chi connectivity index (χ0v) is 22.4. The summed E-state index contributed by atoms with van der Waals surface area (Å²) in [5, 5.41) is 12.5. The average Bonchev–Trinajstić information content (AvgIpc) is 3.41. The largest absolute Gasteiger partial charge is 0.444 e. The van der Waals surface area contributed by atoms with Gasteiger partial charge >= 0.3 is 6.09 Å². The number of carbonyl (C=O) groups is 2. The lowest BCUT2D eigenvalue weighted by molar-refractivity contribution is -0.129. The molecule has 1 saturated heterocycles. The molecule has 1 aliphatic carbocycles. The molecule has 2 bridgehead atoms. The van der Waals surface area contributed by atoms with Crippen molar-refractivity contribution in [3.8, 4) is 17.2 Å². The molecule has 1 aliphatic heterocycles. The first-order chi connectivity index (χ1) is 17.5. The molecule has 7 nitrogen and oxygen atoms in total. The summed E-state index contributed by atoms with van der Waals surface area (Å²) in [4.78, 5) is 27.9. The Labute approximate surface area is 222 Å². The predicted molar refractivity (Wildman–Crippen MR) is 143 cm³/mol. The lowest BCUT2D eigenvalue weighted by atomic mass is 9.88. The van der Waals surface area contributed by atoms with Gasteiger partial charge in [0.05, 0.1) is 6.07 Å². The third-order valence-electron chi connectivity index (χ3n) is 7.17. The van der Waals surface area contributed by atoms with Crippen molar-refractivity contribution in [3.63, 3.8) is 0 Å². The fourth-order valence-electron chi connectivity index (χ4n) is 5.51. The first-order valence-electron chi connectivity index (χ1n) is 12.5. The molecule has 2 fully saturated rings. The van der Waals surface area contributed by atoms with Gasteiger partial charge < -0.3 is 14.8 Å². The van der Waals surface area contributed by atoms with Gasteiger partial charge in [-0.1, -0.05) is 44.0 Å². The molecular weight excluding hydrogens is 491 g/mol. The Morgan fingerprint density at radius 2 is 1.95 bits per heavy atom. The third-order valence-corrected chi connectivity index (χ3v) is 7.42. The van der Waals surface area contributed by atoms with E-state index in [-0.39, 0.29) is 24.3 Å². The Hall–Kier alpha value is -3.25. The number of piperidine rings is 1. The quantitative estimate of drug-likeness (QED) is 0.444. The molecule has 196 valence electrons. The number of nitrogens with one attached hydrogen (secondary N) is 2. The SMILES string of the molecule is CC1CC2CC1C(C(=O)N[C@H](C#N)Cc1ccc(-c3cccc(NS)c3)cc1F)N2C(=O)OC(C)(C)C. The molecule has 2 aliphatic rings. The highest BCUT2D eigenvalue weighted by atomic mass is 32.1. The number of nitriles is 1. The van der Waals surface area contributed by atoms with Gasteiger partial charge in [-0.05, 0) is 80.3 Å². The number of hydrogen-bond acceptors (Lipinski definition) is 6. The minimum Gasteiger partial charge on any atom is -0.444 e. The molecule has 4 unspecified atom stereocenters. The van der Waals surface area contributed by atoms with Crippen molar-refractivity contribution >= 4 is 30.5 Å². The van der Waals surface area contributed by atoms with E-state index in [9.17, 15) is 14.9 Å². The van der Waals surface area contributed by atoms with Crippen molar-refractivity contribution in [2.45, 2.75) is 70.7 Å². The van der Waals surface area contributed by atoms with Gasteiger partial charge in [0.1, 0.15) is 23.5 Å². The number of likely N-dealkylation sites (tertiary alicyclic amines) is 1. The molecule has 2 aromatic rings. The van der Waals surface area contributed by atoms with Gasteiger partial charge in [-0.15, -0.1) is 0 Å². The molecule has 9 heteroatoms. The second-order valence-electron chi connectivity index (χ2n) is 11.0. The summed E-state index contributed by atoms with van der Waals surface area (Å²) in [6.07, 6.45) is 1.05. The van der Waals surface area contributed by atoms with Crippen LogP contribution < -0.4 is 10.0 Å². The number of carbonyl (C=O) groups excluding carboxylic acids is 2. The van der Waals surface area contributed by atoms with Crippen molar-refractivity contribution in [2.24, 2.45) is 11.8 Å². The molecule has 0 aromatic heterocycles. The van der Waals surface area contributed by atoms with Gasteiger partial charge in [-0.25, -0.2) is 9.18 Å². The molecule has 1 saturated carbocycles. The van der Waals surface area contributed by atoms with Gasteiger partial charge in [0.2, 0.25) is 5.91 Å². The molecule has 0 radical (unpaired) electrons. The monoisotopic (exact) mass is 524 g/mol. The van der Waals surface area contributed by atoms with Crippen molar-refractivity contribution < 1.29 is 18.7 Å². The van der Waals surface area contributed by atoms with E-state index >= 15 is 4.39 Å². The Bertz CT molecular complexity index is 1220. The van der Waals surface area contributed by atoms with Crippen LogP contribution in [0.3, 0.4) is 0 Å². The first kappa shape index (κ1) is 26.8. The standard InChI is InChI=1S/C28H33FN4O3S/c1-16-10-22-14-23(16)25(33(22)27(35)36-28(2,3)4)26(34)31-21(15-30)12-19-9-8-18(13-24(19)29)17-6-5-7-20(11-17)32-37/h5-9,11,13,16,21-23,25,32,37H,10,12,14H2,1-4H3,(H,31,34)/t16?,21-,22?,23?,25?/m0/s1. The number of amides is 2. The van der Waals surface area contributed by atoms with Gasteiger partial charge in [0.15, 0.2) is 0 Å². The molecular formula is C28H33FN4O3S. The second kappa shape index (κ2) is 10.6. The van der Waals surface area contributed by atoms with Crippen molar-refractivity contribution in [2.75, 3.05) is 4.72 Å². The summed E-state index contributed by atoms with van der Waals surface area (Å²) in [6.45, 7) is 7.45. The van der Waals surface area contributed by atoms with E-state index in [1.807, 2.05) is 24.3 Å². The Morgan fingerprint density at radius 3 is 2.59 bits per heavy atom. The molecule has 2 N–H and O–H groups in total. The minimum absolute atomic E-state index is 0.00427. The molecule has 4 rings (SSSR count). The number of halogens is 1. The minimum atomic E-state index is -0.945. The maximum Gasteiger partial charge on any atom is 0.411 e. The van der Waals surface area contributed by atoms with Crippen LogP contribution in [0.2, 0.25) is 0 Å². The Balaban J connectivity index is 1.48. The van der Waals surface area contributed by atoms with Crippen LogP contribution in [0.1, 0.15) is 46.1 Å². The van der Waals surface area contributed by atoms with Crippen LogP contribution in [0.15, 0.2) is 42.5 Å². The lowest BCUT2D eigenvalue weighted by Crippen LogP contribution is -2.56. The number of nitrogens with zero attached hydrogens (tertiary/aromatic N) is 2. The normalized spacial score (nSPS) is 23.3. The summed E-state index contributed by atoms with van der Waals surface area (Å²) in [5.41, 5.74) is 1.93. The number of benzene rings is 2. The van der Waals surface area contributed by atoms with Gasteiger partial charge in [-0.3, -0.25) is 9.69 Å². The number of fused-ring (bicyclic) bond motifs is 2. The van der Waals surface area contributed by atoms with E-state index < -0.39 is 35.5 Å². The number of thiol groups is 1. The number of rotatable bonds is 6. The van der Waals surface area contributed by atoms with E-state index in [1.165, 1.54) is 6.07 Å². The van der Waals surface area contributed by atoms with Crippen LogP contribution in [0.25, 0.3) is 11.1 Å². The number of hydrogen-bond donors (Lipinski definition) is 3. The van der Waals surface area contributed by atoms with Crippen LogP contribution in [0, 0.1) is 29.0 Å². The van der Waals surface area contributed by atoms with Gasteiger partial charge in [0.25, 0.3) is 0 Å². The van der Waals surface area contributed by atoms with Gasteiger partial charge in [-0.2, -0.15) is 5.26 Å². The highest BCUT2D eigenvalue weighted by molar-refractivity contribution is 7.81. The summed E-state index contributed by atoms with van der Waals surface area (Å²) in [6, 6.07) is 12.6. The maximum absolute atomic E-state index is 15.0. The van der Waals surface area contributed by atoms with E-state index in [2.05, 4.69) is 35.8 Å². The van der Waals surface area contributed by atoms with Crippen molar-refractivity contribution in [1.29, 1.82) is 5.26 Å². The average molecular weight is 525 g/mol. The number of ether oxygens (including phenoxy) is 1. The molecule has 37 heavy (non-hydrogen) atoms.